The van der Waals surface area contributed by atoms with Crippen LogP contribution >= 0.6 is 0 Å². The summed E-state index contributed by atoms with van der Waals surface area (Å²) in [6.07, 6.45) is 3.29. The fourth-order valence-electron chi connectivity index (χ4n) is 2.78. The van der Waals surface area contributed by atoms with Crippen LogP contribution in [0.5, 0.6) is 0 Å². The topological polar surface area (TPSA) is 66.9 Å². The summed E-state index contributed by atoms with van der Waals surface area (Å²) in [5, 5.41) is 6.14. The largest absolute Gasteiger partial charge is 0.324 e. The van der Waals surface area contributed by atoms with Crippen LogP contribution in [0.2, 0.25) is 0 Å². The maximum atomic E-state index is 12.7. The van der Waals surface area contributed by atoms with Crippen LogP contribution in [0.25, 0.3) is 0 Å². The monoisotopic (exact) mass is 346 g/mol. The Bertz CT molecular complexity index is 871. The molecule has 1 heterocycles. The van der Waals surface area contributed by atoms with E-state index in [1.54, 1.807) is 12.3 Å². The predicted octanol–water partition coefficient (Wildman–Crippen LogP) is 4.60. The summed E-state index contributed by atoms with van der Waals surface area (Å²) in [5.74, 6) is 0.155. The Morgan fingerprint density at radius 3 is 2.27 bits per heavy atom. The lowest BCUT2D eigenvalue weighted by molar-refractivity contribution is 0.102. The summed E-state index contributed by atoms with van der Waals surface area (Å²) < 4.78 is 0. The van der Waals surface area contributed by atoms with Crippen molar-refractivity contribution in [2.75, 3.05) is 10.6 Å². The summed E-state index contributed by atoms with van der Waals surface area (Å²) in [5.41, 5.74) is 4.32. The maximum absolute atomic E-state index is 12.7. The number of nitrogens with one attached hydrogen (secondary N) is 2. The van der Waals surface area contributed by atoms with E-state index in [1.165, 1.54) is 0 Å². The average Bonchev–Trinajstić information content (AvgIpc) is 2.69. The summed E-state index contributed by atoms with van der Waals surface area (Å²) in [6, 6.07) is 17.3. The minimum Gasteiger partial charge on any atom is -0.324 e. The Balaban J connectivity index is 1.82. The standard InChI is InChI=1S/C21H22N4O/c1-3-15-9-8-10-16(4-2)19(15)25-20(26)18-13-14-22-21(24-18)23-17-11-6-5-7-12-17/h5-14H,3-4H2,1-2H3,(H,25,26)(H,22,23,24). The summed E-state index contributed by atoms with van der Waals surface area (Å²) >= 11 is 0. The molecule has 5 nitrogen and oxygen atoms in total. The Morgan fingerprint density at radius 2 is 1.62 bits per heavy atom. The first-order valence-electron chi connectivity index (χ1n) is 8.78. The molecule has 0 saturated heterocycles. The number of anilines is 3. The van der Waals surface area contributed by atoms with Crippen molar-refractivity contribution >= 4 is 23.2 Å². The Kier molecular flexibility index (Phi) is 5.59. The van der Waals surface area contributed by atoms with Gasteiger partial charge in [-0.1, -0.05) is 50.2 Å². The zero-order valence-corrected chi connectivity index (χ0v) is 15.0. The quantitative estimate of drug-likeness (QED) is 0.685. The highest BCUT2D eigenvalue weighted by atomic mass is 16.1. The smallest absolute Gasteiger partial charge is 0.274 e. The summed E-state index contributed by atoms with van der Waals surface area (Å²) in [7, 11) is 0. The second-order valence-corrected chi connectivity index (χ2v) is 5.87. The molecule has 0 atom stereocenters. The second-order valence-electron chi connectivity index (χ2n) is 5.87. The molecular formula is C21H22N4O. The lowest BCUT2D eigenvalue weighted by Crippen LogP contribution is -2.17. The predicted molar refractivity (Wildman–Crippen MR) is 105 cm³/mol. The van der Waals surface area contributed by atoms with E-state index < -0.39 is 0 Å². The van der Waals surface area contributed by atoms with Crippen molar-refractivity contribution in [2.45, 2.75) is 26.7 Å². The van der Waals surface area contributed by atoms with Crippen LogP contribution in [0.4, 0.5) is 17.3 Å². The van der Waals surface area contributed by atoms with E-state index >= 15 is 0 Å². The van der Waals surface area contributed by atoms with Gasteiger partial charge in [0, 0.05) is 17.6 Å². The van der Waals surface area contributed by atoms with Crippen molar-refractivity contribution in [2.24, 2.45) is 0 Å². The molecule has 132 valence electrons. The van der Waals surface area contributed by atoms with Gasteiger partial charge in [-0.2, -0.15) is 0 Å². The molecule has 2 aromatic carbocycles. The normalized spacial score (nSPS) is 10.4. The van der Waals surface area contributed by atoms with Gasteiger partial charge in [0.15, 0.2) is 0 Å². The molecule has 0 radical (unpaired) electrons. The van der Waals surface area contributed by atoms with Gasteiger partial charge in [-0.15, -0.1) is 0 Å². The van der Waals surface area contributed by atoms with Crippen molar-refractivity contribution in [3.8, 4) is 0 Å². The molecule has 1 amide bonds. The number of carbonyl (C=O) groups is 1. The number of hydrogen-bond acceptors (Lipinski definition) is 4. The first-order valence-corrected chi connectivity index (χ1v) is 8.78. The second kappa shape index (κ2) is 8.25. The van der Waals surface area contributed by atoms with E-state index in [0.29, 0.717) is 11.6 Å². The third kappa shape index (κ3) is 4.06. The lowest BCUT2D eigenvalue weighted by atomic mass is 10.0. The molecule has 0 saturated carbocycles. The number of aromatic nitrogens is 2. The van der Waals surface area contributed by atoms with Gasteiger partial charge in [0.25, 0.3) is 5.91 Å². The third-order valence-electron chi connectivity index (χ3n) is 4.16. The molecule has 0 unspecified atom stereocenters. The molecule has 2 N–H and O–H groups in total. The summed E-state index contributed by atoms with van der Waals surface area (Å²) in [4.78, 5) is 21.3. The molecule has 3 aromatic rings. The van der Waals surface area contributed by atoms with E-state index in [9.17, 15) is 4.79 Å². The van der Waals surface area contributed by atoms with Gasteiger partial charge in [0.05, 0.1) is 0 Å². The lowest BCUT2D eigenvalue weighted by Gasteiger charge is -2.14. The highest BCUT2D eigenvalue weighted by Gasteiger charge is 2.13. The molecule has 0 aliphatic carbocycles. The van der Waals surface area contributed by atoms with Crippen LogP contribution in [0.3, 0.4) is 0 Å². The minimum absolute atomic E-state index is 0.237. The van der Waals surface area contributed by atoms with Crippen LogP contribution in [-0.2, 0) is 12.8 Å². The minimum atomic E-state index is -0.237. The average molecular weight is 346 g/mol. The fourth-order valence-corrected chi connectivity index (χ4v) is 2.78. The molecule has 3 rings (SSSR count). The highest BCUT2D eigenvalue weighted by Crippen LogP contribution is 2.23. The summed E-state index contributed by atoms with van der Waals surface area (Å²) in [6.45, 7) is 4.16. The van der Waals surface area contributed by atoms with Gasteiger partial charge >= 0.3 is 0 Å². The molecule has 0 fully saturated rings. The van der Waals surface area contributed by atoms with Gasteiger partial charge in [-0.3, -0.25) is 4.79 Å². The number of benzene rings is 2. The molecule has 0 spiro atoms. The molecule has 0 aliphatic rings. The number of rotatable bonds is 6. The van der Waals surface area contributed by atoms with E-state index in [-0.39, 0.29) is 5.91 Å². The van der Waals surface area contributed by atoms with Gasteiger partial charge in [-0.25, -0.2) is 9.97 Å². The zero-order valence-electron chi connectivity index (χ0n) is 15.0. The molecule has 5 heteroatoms. The zero-order chi connectivity index (χ0) is 18.4. The highest BCUT2D eigenvalue weighted by molar-refractivity contribution is 6.03. The van der Waals surface area contributed by atoms with Gasteiger partial charge in [-0.05, 0) is 42.2 Å². The van der Waals surface area contributed by atoms with Gasteiger partial charge in [0.1, 0.15) is 5.69 Å². The van der Waals surface area contributed by atoms with E-state index in [1.807, 2.05) is 48.5 Å². The third-order valence-corrected chi connectivity index (χ3v) is 4.16. The molecule has 26 heavy (non-hydrogen) atoms. The number of amides is 1. The van der Waals surface area contributed by atoms with Crippen molar-refractivity contribution in [1.82, 2.24) is 9.97 Å². The van der Waals surface area contributed by atoms with Crippen LogP contribution in [0.15, 0.2) is 60.8 Å². The van der Waals surface area contributed by atoms with Crippen molar-refractivity contribution in [3.05, 3.63) is 77.6 Å². The Hall–Kier alpha value is -3.21. The van der Waals surface area contributed by atoms with E-state index in [4.69, 9.17) is 0 Å². The first kappa shape index (κ1) is 17.6. The van der Waals surface area contributed by atoms with Crippen molar-refractivity contribution in [3.63, 3.8) is 0 Å². The van der Waals surface area contributed by atoms with E-state index in [2.05, 4.69) is 34.4 Å². The Morgan fingerprint density at radius 1 is 0.923 bits per heavy atom. The van der Waals surface area contributed by atoms with Crippen LogP contribution < -0.4 is 10.6 Å². The molecule has 1 aromatic heterocycles. The van der Waals surface area contributed by atoms with Gasteiger partial charge in [0.2, 0.25) is 5.95 Å². The maximum Gasteiger partial charge on any atom is 0.274 e. The number of carbonyl (C=O) groups excluding carboxylic acids is 1. The fraction of sp³-hybridized carbons (Fsp3) is 0.190. The number of aryl methyl sites for hydroxylation is 2. The first-order chi connectivity index (χ1) is 12.7. The van der Waals surface area contributed by atoms with E-state index in [0.717, 1.165) is 35.3 Å². The van der Waals surface area contributed by atoms with Crippen LogP contribution in [0, 0.1) is 0 Å². The van der Waals surface area contributed by atoms with Crippen molar-refractivity contribution < 1.29 is 4.79 Å². The SMILES string of the molecule is CCc1cccc(CC)c1NC(=O)c1ccnc(Nc2ccccc2)n1. The van der Waals surface area contributed by atoms with Crippen molar-refractivity contribution in [1.29, 1.82) is 0 Å². The molecule has 0 aliphatic heterocycles. The van der Waals surface area contributed by atoms with Crippen LogP contribution in [0.1, 0.15) is 35.5 Å². The number of para-hydroxylation sites is 2. The molecule has 0 bridgehead atoms. The number of nitrogens with zero attached hydrogens (tertiary/aromatic N) is 2. The molecular weight excluding hydrogens is 324 g/mol. The Labute approximate surface area is 153 Å². The van der Waals surface area contributed by atoms with Gasteiger partial charge < -0.3 is 10.6 Å². The van der Waals surface area contributed by atoms with Crippen LogP contribution in [-0.4, -0.2) is 15.9 Å². The number of hydrogen-bond donors (Lipinski definition) is 2.